The lowest BCUT2D eigenvalue weighted by molar-refractivity contribution is -0.392. The maximum absolute atomic E-state index is 10.8. The summed E-state index contributed by atoms with van der Waals surface area (Å²) in [6.07, 6.45) is 1.23. The molecule has 0 radical (unpaired) electrons. The second-order valence-corrected chi connectivity index (χ2v) is 4.06. The molecule has 0 aliphatic rings. The van der Waals surface area contributed by atoms with E-state index in [9.17, 15) is 10.1 Å². The third-order valence-corrected chi connectivity index (χ3v) is 2.79. The average Bonchev–Trinajstić information content (AvgIpc) is 2.81. The van der Waals surface area contributed by atoms with Crippen molar-refractivity contribution in [1.82, 2.24) is 9.55 Å². The number of hydrogen-bond acceptors (Lipinski definition) is 5. The van der Waals surface area contributed by atoms with Gasteiger partial charge in [0.1, 0.15) is 25.1 Å². The maximum atomic E-state index is 10.8. The lowest BCUT2D eigenvalue weighted by atomic mass is 10.2. The molecule has 2 aromatic rings. The Bertz CT molecular complexity index is 655. The zero-order valence-electron chi connectivity index (χ0n) is 10.8. The molecule has 0 saturated carbocycles. The molecule has 1 aromatic heterocycles. The van der Waals surface area contributed by atoms with Crippen molar-refractivity contribution < 1.29 is 9.66 Å². The SMILES string of the molecule is Cc1ncc([N+](=O)[O-])n1CCOc1ccc(C#N)cc1. The minimum Gasteiger partial charge on any atom is -0.489 e. The van der Waals surface area contributed by atoms with Crippen LogP contribution in [-0.4, -0.2) is 21.1 Å². The number of nitro groups is 1. The average molecular weight is 272 g/mol. The summed E-state index contributed by atoms with van der Waals surface area (Å²) >= 11 is 0. The van der Waals surface area contributed by atoms with Crippen molar-refractivity contribution in [1.29, 1.82) is 5.26 Å². The van der Waals surface area contributed by atoms with E-state index in [0.717, 1.165) is 0 Å². The number of aryl methyl sites for hydroxylation is 1. The Hall–Kier alpha value is -2.88. The number of rotatable bonds is 5. The van der Waals surface area contributed by atoms with Gasteiger partial charge in [-0.3, -0.25) is 0 Å². The van der Waals surface area contributed by atoms with Gasteiger partial charge in [0.05, 0.1) is 11.6 Å². The second kappa shape index (κ2) is 5.84. The highest BCUT2D eigenvalue weighted by Crippen LogP contribution is 2.15. The van der Waals surface area contributed by atoms with Gasteiger partial charge in [-0.05, 0) is 29.2 Å². The number of nitrogens with zero attached hydrogens (tertiary/aromatic N) is 4. The van der Waals surface area contributed by atoms with Crippen LogP contribution in [0.5, 0.6) is 5.75 Å². The number of ether oxygens (including phenoxy) is 1. The molecule has 0 saturated heterocycles. The van der Waals surface area contributed by atoms with Crippen LogP contribution in [-0.2, 0) is 6.54 Å². The molecule has 7 nitrogen and oxygen atoms in total. The zero-order chi connectivity index (χ0) is 14.5. The van der Waals surface area contributed by atoms with Gasteiger partial charge in [-0.2, -0.15) is 5.26 Å². The fourth-order valence-electron chi connectivity index (χ4n) is 1.76. The van der Waals surface area contributed by atoms with Gasteiger partial charge in [0.2, 0.25) is 0 Å². The lowest BCUT2D eigenvalue weighted by Gasteiger charge is -2.06. The van der Waals surface area contributed by atoms with E-state index >= 15 is 0 Å². The molecule has 7 heteroatoms. The summed E-state index contributed by atoms with van der Waals surface area (Å²) in [7, 11) is 0. The predicted molar refractivity (Wildman–Crippen MR) is 70.3 cm³/mol. The van der Waals surface area contributed by atoms with Gasteiger partial charge in [0.25, 0.3) is 0 Å². The first kappa shape index (κ1) is 13.5. The Morgan fingerprint density at radius 1 is 1.45 bits per heavy atom. The normalized spacial score (nSPS) is 10.0. The van der Waals surface area contributed by atoms with Gasteiger partial charge in [0.15, 0.2) is 5.82 Å². The number of nitriles is 1. The molecule has 0 amide bonds. The van der Waals surface area contributed by atoms with Crippen LogP contribution in [0.15, 0.2) is 30.5 Å². The predicted octanol–water partition coefficient (Wildman–Crippen LogP) is 2.05. The highest BCUT2D eigenvalue weighted by molar-refractivity contribution is 5.34. The molecule has 0 unspecified atom stereocenters. The molecule has 0 aliphatic heterocycles. The molecule has 2 rings (SSSR count). The van der Waals surface area contributed by atoms with Gasteiger partial charge in [0, 0.05) is 6.92 Å². The third-order valence-electron chi connectivity index (χ3n) is 2.79. The molecule has 1 heterocycles. The summed E-state index contributed by atoms with van der Waals surface area (Å²) in [6, 6.07) is 8.70. The summed E-state index contributed by atoms with van der Waals surface area (Å²) in [4.78, 5) is 14.3. The van der Waals surface area contributed by atoms with Crippen molar-refractivity contribution in [3.05, 3.63) is 52.0 Å². The van der Waals surface area contributed by atoms with Gasteiger partial charge in [-0.25, -0.2) is 9.55 Å². The van der Waals surface area contributed by atoms with E-state index in [1.165, 1.54) is 10.8 Å². The van der Waals surface area contributed by atoms with Crippen LogP contribution < -0.4 is 4.74 Å². The fraction of sp³-hybridized carbons (Fsp3) is 0.231. The first-order chi connectivity index (χ1) is 9.61. The van der Waals surface area contributed by atoms with Crippen molar-refractivity contribution >= 4 is 5.82 Å². The smallest absolute Gasteiger partial charge is 0.342 e. The summed E-state index contributed by atoms with van der Waals surface area (Å²) < 4.78 is 6.98. The second-order valence-electron chi connectivity index (χ2n) is 4.06. The maximum Gasteiger partial charge on any atom is 0.342 e. The highest BCUT2D eigenvalue weighted by Gasteiger charge is 2.16. The van der Waals surface area contributed by atoms with Crippen molar-refractivity contribution in [2.24, 2.45) is 0 Å². The Labute approximate surface area is 115 Å². The minimum atomic E-state index is -0.471. The molecular formula is C13H12N4O3. The van der Waals surface area contributed by atoms with E-state index in [4.69, 9.17) is 10.00 Å². The number of aromatic nitrogens is 2. The highest BCUT2D eigenvalue weighted by atomic mass is 16.6. The molecule has 0 fully saturated rings. The lowest BCUT2D eigenvalue weighted by Crippen LogP contribution is -2.11. The van der Waals surface area contributed by atoms with Crippen molar-refractivity contribution in [2.45, 2.75) is 13.5 Å². The monoisotopic (exact) mass is 272 g/mol. The van der Waals surface area contributed by atoms with E-state index in [1.54, 1.807) is 31.2 Å². The summed E-state index contributed by atoms with van der Waals surface area (Å²) in [5.41, 5.74) is 0.554. The van der Waals surface area contributed by atoms with Crippen LogP contribution in [0.4, 0.5) is 5.82 Å². The Kier molecular flexibility index (Phi) is 3.96. The first-order valence-electron chi connectivity index (χ1n) is 5.91. The molecule has 0 spiro atoms. The molecule has 0 atom stereocenters. The van der Waals surface area contributed by atoms with Crippen molar-refractivity contribution in [2.75, 3.05) is 6.61 Å². The van der Waals surface area contributed by atoms with E-state index in [0.29, 0.717) is 23.7 Å². The van der Waals surface area contributed by atoms with Crippen LogP contribution >= 0.6 is 0 Å². The summed E-state index contributed by atoms with van der Waals surface area (Å²) in [6.45, 7) is 2.32. The quantitative estimate of drug-likeness (QED) is 0.613. The number of hydrogen-bond donors (Lipinski definition) is 0. The van der Waals surface area contributed by atoms with Crippen LogP contribution in [0.1, 0.15) is 11.4 Å². The van der Waals surface area contributed by atoms with E-state index in [1.807, 2.05) is 6.07 Å². The van der Waals surface area contributed by atoms with Crippen LogP contribution in [0.2, 0.25) is 0 Å². The van der Waals surface area contributed by atoms with Gasteiger partial charge in [-0.15, -0.1) is 0 Å². The molecule has 0 aliphatic carbocycles. The van der Waals surface area contributed by atoms with Gasteiger partial charge >= 0.3 is 5.82 Å². The molecular weight excluding hydrogens is 260 g/mol. The van der Waals surface area contributed by atoms with Crippen molar-refractivity contribution in [3.63, 3.8) is 0 Å². The van der Waals surface area contributed by atoms with Gasteiger partial charge < -0.3 is 14.9 Å². The summed E-state index contributed by atoms with van der Waals surface area (Å²) in [5, 5.41) is 19.5. The first-order valence-corrected chi connectivity index (χ1v) is 5.91. The molecule has 0 bridgehead atoms. The standard InChI is InChI=1S/C13H12N4O3/c1-10-15-9-13(17(18)19)16(10)6-7-20-12-4-2-11(8-14)3-5-12/h2-5,9H,6-7H2,1H3. The Morgan fingerprint density at radius 2 is 2.15 bits per heavy atom. The summed E-state index contributed by atoms with van der Waals surface area (Å²) in [5.74, 6) is 1.13. The Morgan fingerprint density at radius 3 is 2.75 bits per heavy atom. The van der Waals surface area contributed by atoms with Crippen LogP contribution in [0.3, 0.4) is 0 Å². The largest absolute Gasteiger partial charge is 0.489 e. The number of benzene rings is 1. The molecule has 20 heavy (non-hydrogen) atoms. The number of imidazole rings is 1. The van der Waals surface area contributed by atoms with Crippen LogP contribution in [0, 0.1) is 28.4 Å². The molecule has 102 valence electrons. The van der Waals surface area contributed by atoms with E-state index in [-0.39, 0.29) is 12.4 Å². The third kappa shape index (κ3) is 2.92. The zero-order valence-corrected chi connectivity index (χ0v) is 10.8. The van der Waals surface area contributed by atoms with Gasteiger partial charge in [-0.1, -0.05) is 0 Å². The molecule has 0 N–H and O–H groups in total. The molecule has 1 aromatic carbocycles. The minimum absolute atomic E-state index is 0.0501. The van der Waals surface area contributed by atoms with Crippen LogP contribution in [0.25, 0.3) is 0 Å². The fourth-order valence-corrected chi connectivity index (χ4v) is 1.76. The van der Waals surface area contributed by atoms with E-state index in [2.05, 4.69) is 4.98 Å². The Balaban J connectivity index is 1.97. The topological polar surface area (TPSA) is 94.0 Å². The van der Waals surface area contributed by atoms with E-state index < -0.39 is 4.92 Å². The van der Waals surface area contributed by atoms with Crippen molar-refractivity contribution in [3.8, 4) is 11.8 Å².